The average Bonchev–Trinajstić information content (AvgIpc) is 2.54. The smallest absolute Gasteiger partial charge is 1.00 e. The first-order valence-corrected chi connectivity index (χ1v) is 14.0. The molecule has 1 unspecified atom stereocenters. The molecule has 0 fully saturated rings. The van der Waals surface area contributed by atoms with Gasteiger partial charge >= 0.3 is 115 Å². The predicted molar refractivity (Wildman–Crippen MR) is 77.4 cm³/mol. The molecule has 0 spiro atoms. The van der Waals surface area contributed by atoms with Crippen molar-refractivity contribution < 1.29 is 42.2 Å². The van der Waals surface area contributed by atoms with Gasteiger partial charge in [-0.05, 0) is 0 Å². The third kappa shape index (κ3) is 6.50. The zero-order chi connectivity index (χ0) is 13.2. The molecule has 0 aromatic heterocycles. The number of halogens is 2. The molecule has 0 saturated carbocycles. The number of hydrogen-bond acceptors (Lipinski definition) is 1. The molecule has 1 N–H and O–H groups in total. The van der Waals surface area contributed by atoms with Crippen LogP contribution in [0.1, 0.15) is 41.0 Å². The summed E-state index contributed by atoms with van der Waals surface area (Å²) in [6, 6.07) is 0. The summed E-state index contributed by atoms with van der Waals surface area (Å²) < 4.78 is 5.86. The van der Waals surface area contributed by atoms with Crippen LogP contribution in [0.25, 0.3) is 0 Å². The molecular formula is C14H28Cl2NSiTi. The minimum absolute atomic E-state index is 0. The second-order valence-electron chi connectivity index (χ2n) is 6.38. The first kappa shape index (κ1) is 22.2. The van der Waals surface area contributed by atoms with Crippen molar-refractivity contribution in [2.24, 2.45) is 5.92 Å². The van der Waals surface area contributed by atoms with Gasteiger partial charge in [0.2, 0.25) is 0 Å². The van der Waals surface area contributed by atoms with Crippen LogP contribution >= 0.6 is 0 Å². The SMILES string of the molecule is CCC1=[C]([Ti+2]([NH]C(C)(C)C)[SiH](C)C)C(C)C=C1.[Cl-].[Cl-]. The van der Waals surface area contributed by atoms with Gasteiger partial charge in [-0.1, -0.05) is 0 Å². The van der Waals surface area contributed by atoms with E-state index in [0.29, 0.717) is 5.92 Å². The van der Waals surface area contributed by atoms with Crippen LogP contribution in [0.15, 0.2) is 21.6 Å². The Hall–Kier alpha value is 0.951. The molecule has 0 aromatic rings. The van der Waals surface area contributed by atoms with Gasteiger partial charge in [-0.25, -0.2) is 0 Å². The topological polar surface area (TPSA) is 12.0 Å². The van der Waals surface area contributed by atoms with Gasteiger partial charge in [0.15, 0.2) is 0 Å². The second kappa shape index (κ2) is 9.07. The maximum absolute atomic E-state index is 4.02. The van der Waals surface area contributed by atoms with Crippen molar-refractivity contribution in [3.63, 3.8) is 0 Å². The standard InChI is InChI=1S/C8H11.C4H10N.C2H7Si.2ClH.Ti/c1-3-8-5-4-7(2)6-8;1-4(2,3)5;1-3-2;;;/h4-5,7H,3H2,1-2H3;5H,1-3H3;3H,1-2H3;2*1H;/q;-1;;;;+3/p-2. The van der Waals surface area contributed by atoms with Crippen LogP contribution in [0.3, 0.4) is 0 Å². The Balaban J connectivity index is 0. The molecule has 1 aliphatic carbocycles. The van der Waals surface area contributed by atoms with Crippen LogP contribution in [-0.2, 0) is 17.4 Å². The summed E-state index contributed by atoms with van der Waals surface area (Å²) in [4.78, 5) is 0. The van der Waals surface area contributed by atoms with Gasteiger partial charge in [-0.3, -0.25) is 0 Å². The van der Waals surface area contributed by atoms with E-state index in [1.165, 1.54) is 6.42 Å². The minimum Gasteiger partial charge on any atom is -1.00 e. The summed E-state index contributed by atoms with van der Waals surface area (Å²) in [6.07, 6.45) is 6.00. The summed E-state index contributed by atoms with van der Waals surface area (Å²) in [7, 11) is 0. The van der Waals surface area contributed by atoms with Crippen LogP contribution in [0.5, 0.6) is 0 Å². The molecular weight excluding hydrogens is 329 g/mol. The maximum atomic E-state index is 4.02. The van der Waals surface area contributed by atoms with Crippen LogP contribution < -0.4 is 28.6 Å². The summed E-state index contributed by atoms with van der Waals surface area (Å²) in [6.45, 7) is 16.1. The molecule has 111 valence electrons. The number of rotatable bonds is 4. The molecule has 1 atom stereocenters. The molecule has 19 heavy (non-hydrogen) atoms. The number of hydrogen-bond donors (Lipinski definition) is 1. The van der Waals surface area contributed by atoms with Crippen LogP contribution in [0.4, 0.5) is 0 Å². The first-order chi connectivity index (χ1) is 7.76. The zero-order valence-electron chi connectivity index (χ0n) is 13.3. The van der Waals surface area contributed by atoms with Crippen molar-refractivity contribution in [3.8, 4) is 0 Å². The van der Waals surface area contributed by atoms with E-state index in [0.717, 1.165) is 0 Å². The van der Waals surface area contributed by atoms with Crippen molar-refractivity contribution >= 4 is 6.66 Å². The minimum atomic E-state index is -1.22. The van der Waals surface area contributed by atoms with Crippen molar-refractivity contribution in [3.05, 3.63) is 21.6 Å². The molecule has 0 aliphatic heterocycles. The van der Waals surface area contributed by atoms with E-state index >= 15 is 0 Å². The van der Waals surface area contributed by atoms with Gasteiger partial charge in [0.25, 0.3) is 0 Å². The summed E-state index contributed by atoms with van der Waals surface area (Å²) in [5, 5.41) is 0. The van der Waals surface area contributed by atoms with Gasteiger partial charge in [0.05, 0.1) is 0 Å². The Morgan fingerprint density at radius 2 is 1.79 bits per heavy atom. The molecule has 0 amide bonds. The quantitative estimate of drug-likeness (QED) is 0.562. The van der Waals surface area contributed by atoms with E-state index in [1.54, 1.807) is 5.57 Å². The van der Waals surface area contributed by atoms with Gasteiger partial charge in [0, 0.05) is 0 Å². The number of nitrogens with one attached hydrogen (secondary N) is 1. The van der Waals surface area contributed by atoms with Gasteiger partial charge in [-0.2, -0.15) is 0 Å². The molecule has 5 heteroatoms. The summed E-state index contributed by atoms with van der Waals surface area (Å²) in [5.74, 6) is 0.699. The van der Waals surface area contributed by atoms with Crippen molar-refractivity contribution in [2.75, 3.05) is 0 Å². The molecule has 1 aliphatic rings. The van der Waals surface area contributed by atoms with E-state index in [9.17, 15) is 0 Å². The van der Waals surface area contributed by atoms with Gasteiger partial charge in [0.1, 0.15) is 0 Å². The fourth-order valence-corrected chi connectivity index (χ4v) is 14.5. The maximum Gasteiger partial charge on any atom is -1.00 e. The van der Waals surface area contributed by atoms with Gasteiger partial charge < -0.3 is 24.8 Å². The van der Waals surface area contributed by atoms with E-state index in [1.807, 2.05) is 3.88 Å². The van der Waals surface area contributed by atoms with E-state index in [4.69, 9.17) is 0 Å². The molecule has 0 saturated heterocycles. The molecule has 0 aromatic carbocycles. The van der Waals surface area contributed by atoms with E-state index in [2.05, 4.69) is 63.7 Å². The van der Waals surface area contributed by atoms with Gasteiger partial charge in [-0.15, -0.1) is 0 Å². The Labute approximate surface area is 139 Å². The van der Waals surface area contributed by atoms with Crippen LogP contribution in [0.2, 0.25) is 13.1 Å². The first-order valence-electron chi connectivity index (χ1n) is 6.83. The average molecular weight is 357 g/mol. The van der Waals surface area contributed by atoms with Crippen LogP contribution in [0, 0.1) is 5.92 Å². The normalized spacial score (nSPS) is 18.4. The van der Waals surface area contributed by atoms with E-state index in [-0.39, 0.29) is 30.4 Å². The largest absolute Gasteiger partial charge is 1.00 e. The molecule has 0 heterocycles. The van der Waals surface area contributed by atoms with Crippen LogP contribution in [-0.4, -0.2) is 12.2 Å². The summed E-state index contributed by atoms with van der Waals surface area (Å²) in [5.41, 5.74) is 1.92. The van der Waals surface area contributed by atoms with Crippen molar-refractivity contribution in [1.29, 1.82) is 0 Å². The fourth-order valence-electron chi connectivity index (χ4n) is 2.39. The fraction of sp³-hybridized carbons (Fsp3) is 0.714. The molecule has 1 nitrogen and oxygen atoms in total. The Morgan fingerprint density at radius 1 is 1.26 bits per heavy atom. The summed E-state index contributed by atoms with van der Waals surface area (Å²) >= 11 is -1.22. The third-order valence-corrected chi connectivity index (χ3v) is 15.3. The zero-order valence-corrected chi connectivity index (χ0v) is 17.5. The monoisotopic (exact) mass is 356 g/mol. The van der Waals surface area contributed by atoms with Crippen molar-refractivity contribution in [1.82, 2.24) is 3.80 Å². The Morgan fingerprint density at radius 3 is 2.16 bits per heavy atom. The van der Waals surface area contributed by atoms with Crippen molar-refractivity contribution in [2.45, 2.75) is 59.7 Å². The third-order valence-electron chi connectivity index (χ3n) is 3.15. The Kier molecular flexibility index (Phi) is 10.6. The van der Waals surface area contributed by atoms with E-state index < -0.39 is 24.0 Å². The molecule has 0 radical (unpaired) electrons. The molecule has 0 bridgehead atoms. The number of allylic oxidation sites excluding steroid dienone is 4. The Bertz CT molecular complexity index is 335. The second-order valence-corrected chi connectivity index (χ2v) is 19.0. The predicted octanol–water partition coefficient (Wildman–Crippen LogP) is -2.23. The molecule has 1 rings (SSSR count).